The molecule has 0 amide bonds. The first-order valence-electron chi connectivity index (χ1n) is 2.95. The number of methoxy groups -OCH3 is 1. The maximum absolute atomic E-state index is 10.3. The largest absolute Gasteiger partial charge is 0.503 e. The second kappa shape index (κ2) is 4.95. The van der Waals surface area contributed by atoms with E-state index in [-0.39, 0.29) is 5.57 Å². The molecule has 0 heterocycles. The van der Waals surface area contributed by atoms with E-state index in [4.69, 9.17) is 10.2 Å². The Kier molecular flexibility index (Phi) is 4.21. The van der Waals surface area contributed by atoms with Gasteiger partial charge in [0.05, 0.1) is 18.9 Å². The summed E-state index contributed by atoms with van der Waals surface area (Å²) in [6.45, 7) is 0. The van der Waals surface area contributed by atoms with Crippen molar-refractivity contribution < 1.29 is 24.5 Å². The molecule has 0 radical (unpaired) electrons. The molecular formula is C7H8O5. The van der Waals surface area contributed by atoms with Crippen molar-refractivity contribution in [3.05, 3.63) is 24.0 Å². The molecule has 0 unspecified atom stereocenters. The van der Waals surface area contributed by atoms with Crippen molar-refractivity contribution in [2.24, 2.45) is 0 Å². The smallest absolute Gasteiger partial charge is 0.338 e. The van der Waals surface area contributed by atoms with Gasteiger partial charge in [-0.2, -0.15) is 0 Å². The van der Waals surface area contributed by atoms with E-state index in [9.17, 15) is 9.59 Å². The van der Waals surface area contributed by atoms with Crippen molar-refractivity contribution in [1.29, 1.82) is 0 Å². The molecule has 0 saturated carbocycles. The highest BCUT2D eigenvalue weighted by atomic mass is 16.5. The number of hydrogen-bond acceptors (Lipinski definition) is 3. The van der Waals surface area contributed by atoms with Crippen LogP contribution in [-0.2, 0) is 14.3 Å². The maximum atomic E-state index is 10.3. The van der Waals surface area contributed by atoms with Crippen molar-refractivity contribution in [3.8, 4) is 0 Å². The lowest BCUT2D eigenvalue weighted by Crippen LogP contribution is -1.99. The van der Waals surface area contributed by atoms with Crippen LogP contribution in [0.5, 0.6) is 0 Å². The van der Waals surface area contributed by atoms with E-state index >= 15 is 0 Å². The average molecular weight is 172 g/mol. The Morgan fingerprint density at radius 1 is 1.25 bits per heavy atom. The standard InChI is InChI=1S/C7H8O5/c1-12-4-5(7(10)11)2-3-6(8)9/h2-4H,1H3,(H,8,9)(H,10,11). The highest BCUT2D eigenvalue weighted by Crippen LogP contribution is 1.96. The number of carbonyl (C=O) groups is 2. The summed E-state index contributed by atoms with van der Waals surface area (Å²) in [4.78, 5) is 20.3. The SMILES string of the molecule is COC=C(C=CC(=O)O)C(=O)O. The van der Waals surface area contributed by atoms with Crippen LogP contribution in [-0.4, -0.2) is 29.3 Å². The van der Waals surface area contributed by atoms with E-state index in [1.54, 1.807) is 0 Å². The highest BCUT2D eigenvalue weighted by Gasteiger charge is 2.02. The Bertz CT molecular complexity index is 238. The zero-order valence-electron chi connectivity index (χ0n) is 6.35. The van der Waals surface area contributed by atoms with E-state index in [1.807, 2.05) is 0 Å². The predicted molar refractivity (Wildman–Crippen MR) is 39.5 cm³/mol. The predicted octanol–water partition coefficient (Wildman–Crippen LogP) is 0.242. The molecule has 0 aromatic heterocycles. The van der Waals surface area contributed by atoms with Crippen LogP contribution in [0.25, 0.3) is 0 Å². The summed E-state index contributed by atoms with van der Waals surface area (Å²) in [6.07, 6.45) is 2.61. The van der Waals surface area contributed by atoms with Crippen LogP contribution >= 0.6 is 0 Å². The monoisotopic (exact) mass is 172 g/mol. The van der Waals surface area contributed by atoms with Gasteiger partial charge in [0.15, 0.2) is 0 Å². The summed E-state index contributed by atoms with van der Waals surface area (Å²) in [5.74, 6) is -2.45. The van der Waals surface area contributed by atoms with Crippen LogP contribution < -0.4 is 0 Å². The lowest BCUT2D eigenvalue weighted by Gasteiger charge is -1.92. The van der Waals surface area contributed by atoms with Crippen molar-refractivity contribution in [2.75, 3.05) is 7.11 Å². The van der Waals surface area contributed by atoms with Crippen LogP contribution in [0.4, 0.5) is 0 Å². The summed E-state index contributed by atoms with van der Waals surface area (Å²) < 4.78 is 4.41. The molecule has 0 saturated heterocycles. The van der Waals surface area contributed by atoms with Crippen molar-refractivity contribution in [1.82, 2.24) is 0 Å². The number of aliphatic carboxylic acids is 2. The fraction of sp³-hybridized carbons (Fsp3) is 0.143. The number of carboxylic acid groups (broad SMARTS) is 2. The van der Waals surface area contributed by atoms with Gasteiger partial charge >= 0.3 is 11.9 Å². The summed E-state index contributed by atoms with van der Waals surface area (Å²) in [6, 6.07) is 0. The Labute approximate surface area is 68.6 Å². The van der Waals surface area contributed by atoms with E-state index in [2.05, 4.69) is 4.74 Å². The van der Waals surface area contributed by atoms with Gasteiger partial charge in [-0.25, -0.2) is 9.59 Å². The quantitative estimate of drug-likeness (QED) is 0.360. The Balaban J connectivity index is 4.45. The number of carboxylic acids is 2. The molecule has 0 aromatic carbocycles. The number of ether oxygens (including phenoxy) is 1. The molecule has 0 rings (SSSR count). The van der Waals surface area contributed by atoms with Gasteiger partial charge in [0.25, 0.3) is 0 Å². The van der Waals surface area contributed by atoms with Gasteiger partial charge in [-0.05, 0) is 6.08 Å². The lowest BCUT2D eigenvalue weighted by atomic mass is 10.3. The molecule has 0 spiro atoms. The summed E-state index contributed by atoms with van der Waals surface area (Å²) in [5.41, 5.74) is -0.222. The van der Waals surface area contributed by atoms with Crippen LogP contribution in [0, 0.1) is 0 Å². The fourth-order valence-electron chi connectivity index (χ4n) is 0.449. The summed E-state index contributed by atoms with van der Waals surface area (Å²) >= 11 is 0. The molecule has 0 aromatic rings. The molecule has 5 nitrogen and oxygen atoms in total. The van der Waals surface area contributed by atoms with Crippen LogP contribution in [0.2, 0.25) is 0 Å². The average Bonchev–Trinajstić information content (AvgIpc) is 1.96. The third-order valence-electron chi connectivity index (χ3n) is 0.897. The van der Waals surface area contributed by atoms with Crippen molar-refractivity contribution >= 4 is 11.9 Å². The normalized spacial score (nSPS) is 11.6. The molecule has 0 aliphatic rings. The Morgan fingerprint density at radius 3 is 2.17 bits per heavy atom. The second-order valence-corrected chi connectivity index (χ2v) is 1.79. The third kappa shape index (κ3) is 4.10. The zero-order valence-corrected chi connectivity index (χ0v) is 6.35. The zero-order chi connectivity index (χ0) is 9.56. The first-order chi connectivity index (χ1) is 5.57. The number of rotatable bonds is 4. The molecule has 0 aliphatic heterocycles. The molecule has 12 heavy (non-hydrogen) atoms. The molecule has 5 heteroatoms. The first-order valence-corrected chi connectivity index (χ1v) is 2.95. The lowest BCUT2D eigenvalue weighted by molar-refractivity contribution is -0.132. The van der Waals surface area contributed by atoms with Gasteiger partial charge in [-0.15, -0.1) is 0 Å². The van der Waals surface area contributed by atoms with Gasteiger partial charge in [0, 0.05) is 6.08 Å². The van der Waals surface area contributed by atoms with E-state index in [0.717, 1.165) is 18.4 Å². The van der Waals surface area contributed by atoms with Gasteiger partial charge < -0.3 is 14.9 Å². The molecular weight excluding hydrogens is 164 g/mol. The maximum Gasteiger partial charge on any atom is 0.338 e. The van der Waals surface area contributed by atoms with Gasteiger partial charge in [0.1, 0.15) is 0 Å². The molecule has 0 atom stereocenters. The molecule has 0 bridgehead atoms. The Hall–Kier alpha value is -1.78. The topological polar surface area (TPSA) is 83.8 Å². The van der Waals surface area contributed by atoms with Crippen molar-refractivity contribution in [3.63, 3.8) is 0 Å². The van der Waals surface area contributed by atoms with Crippen LogP contribution in [0.15, 0.2) is 24.0 Å². The minimum Gasteiger partial charge on any atom is -0.503 e. The molecule has 66 valence electrons. The Morgan fingerprint density at radius 2 is 1.83 bits per heavy atom. The minimum absolute atomic E-state index is 0.222. The van der Waals surface area contributed by atoms with Crippen LogP contribution in [0.3, 0.4) is 0 Å². The van der Waals surface area contributed by atoms with E-state index < -0.39 is 11.9 Å². The number of hydrogen-bond donors (Lipinski definition) is 2. The van der Waals surface area contributed by atoms with Gasteiger partial charge in [0.2, 0.25) is 0 Å². The summed E-state index contributed by atoms with van der Waals surface area (Å²) in [7, 11) is 1.28. The fourth-order valence-corrected chi connectivity index (χ4v) is 0.449. The third-order valence-corrected chi connectivity index (χ3v) is 0.897. The minimum atomic E-state index is -1.24. The van der Waals surface area contributed by atoms with E-state index in [1.165, 1.54) is 7.11 Å². The second-order valence-electron chi connectivity index (χ2n) is 1.79. The molecule has 0 aliphatic carbocycles. The van der Waals surface area contributed by atoms with Gasteiger partial charge in [-0.1, -0.05) is 0 Å². The van der Waals surface area contributed by atoms with Crippen molar-refractivity contribution in [2.45, 2.75) is 0 Å². The molecule has 0 fully saturated rings. The molecule has 2 N–H and O–H groups in total. The van der Waals surface area contributed by atoms with Crippen LogP contribution in [0.1, 0.15) is 0 Å². The van der Waals surface area contributed by atoms with Gasteiger partial charge in [-0.3, -0.25) is 0 Å². The first kappa shape index (κ1) is 10.2. The summed E-state index contributed by atoms with van der Waals surface area (Å²) in [5, 5.41) is 16.6. The highest BCUT2D eigenvalue weighted by molar-refractivity contribution is 5.92. The van der Waals surface area contributed by atoms with E-state index in [0.29, 0.717) is 0 Å².